The highest BCUT2D eigenvalue weighted by Crippen LogP contribution is 2.13. The van der Waals surface area contributed by atoms with E-state index < -0.39 is 12.2 Å². The van der Waals surface area contributed by atoms with E-state index in [4.69, 9.17) is 39.2 Å². The zero-order valence-electron chi connectivity index (χ0n) is 23.2. The molecule has 0 unspecified atom stereocenters. The van der Waals surface area contributed by atoms with Crippen LogP contribution in [0.2, 0.25) is 0 Å². The molecule has 0 aliphatic rings. The van der Waals surface area contributed by atoms with E-state index in [1.54, 1.807) is 35.3 Å². The fourth-order valence-corrected chi connectivity index (χ4v) is 7.71. The van der Waals surface area contributed by atoms with Gasteiger partial charge in [-0.3, -0.25) is 0 Å². The summed E-state index contributed by atoms with van der Waals surface area (Å²) in [6.45, 7) is 0.664. The highest BCUT2D eigenvalue weighted by atomic mass is 32.2. The molecule has 0 aliphatic heterocycles. The van der Waals surface area contributed by atoms with Crippen molar-refractivity contribution in [1.82, 2.24) is 10.6 Å². The SMILES string of the molecule is O=C(NCSCSC/N=C\OOCSCSCO)OCCSCCOO/C=N/CSCSCNC(=O)OCSCSCO. The second-order valence-corrected chi connectivity index (χ2v) is 16.7. The van der Waals surface area contributed by atoms with E-state index in [9.17, 15) is 9.59 Å². The molecule has 23 heteroatoms. The smallest absolute Gasteiger partial charge is 0.408 e. The number of carbonyl (C=O) groups excluding carboxylic acids is 2. The molecule has 0 spiro atoms. The van der Waals surface area contributed by atoms with E-state index in [0.717, 1.165) is 15.3 Å². The third-order valence-electron chi connectivity index (χ3n) is 3.37. The molecule has 0 aliphatic carbocycles. The van der Waals surface area contributed by atoms with Crippen molar-refractivity contribution >= 4 is 131 Å². The summed E-state index contributed by atoms with van der Waals surface area (Å²) in [7, 11) is 0. The molecule has 0 bridgehead atoms. The monoisotopic (exact) mass is 782 g/mol. The molecule has 0 aromatic rings. The summed E-state index contributed by atoms with van der Waals surface area (Å²) in [5.74, 6) is 3.97. The Labute approximate surface area is 290 Å². The van der Waals surface area contributed by atoms with Crippen molar-refractivity contribution in [3.63, 3.8) is 0 Å². The zero-order valence-corrected chi connectivity index (χ0v) is 30.5. The fourth-order valence-electron chi connectivity index (χ4n) is 1.74. The molecule has 0 aromatic heterocycles. The van der Waals surface area contributed by atoms with Gasteiger partial charge >= 0.3 is 12.2 Å². The Morgan fingerprint density at radius 3 is 1.77 bits per heavy atom. The van der Waals surface area contributed by atoms with Crippen LogP contribution in [0.5, 0.6) is 0 Å². The van der Waals surface area contributed by atoms with Crippen LogP contribution in [-0.2, 0) is 29.0 Å². The maximum atomic E-state index is 11.7. The minimum Gasteiger partial charge on any atom is -0.449 e. The lowest BCUT2D eigenvalue weighted by Crippen LogP contribution is -2.24. The van der Waals surface area contributed by atoms with Crippen LogP contribution in [0.15, 0.2) is 9.98 Å². The van der Waals surface area contributed by atoms with E-state index >= 15 is 0 Å². The van der Waals surface area contributed by atoms with Crippen molar-refractivity contribution in [3.05, 3.63) is 0 Å². The van der Waals surface area contributed by atoms with E-state index in [-0.39, 0.29) is 17.8 Å². The summed E-state index contributed by atoms with van der Waals surface area (Å²) >= 11 is 13.4. The van der Waals surface area contributed by atoms with Crippen molar-refractivity contribution in [2.45, 2.75) is 0 Å². The quantitative estimate of drug-likeness (QED) is 0.0187. The number of aliphatic hydroxyl groups excluding tert-OH is 2. The highest BCUT2D eigenvalue weighted by Gasteiger charge is 2.02. The van der Waals surface area contributed by atoms with Gasteiger partial charge in [-0.1, -0.05) is 0 Å². The summed E-state index contributed by atoms with van der Waals surface area (Å²) in [6, 6.07) is 0. The Balaban J connectivity index is 3.29. The Bertz CT molecular complexity index is 697. The number of alkyl carbamates (subject to hydrolysis) is 2. The van der Waals surface area contributed by atoms with E-state index in [1.165, 1.54) is 83.4 Å². The third-order valence-corrected chi connectivity index (χ3v) is 11.9. The van der Waals surface area contributed by atoms with Gasteiger partial charge in [-0.15, -0.1) is 94.1 Å². The van der Waals surface area contributed by atoms with Gasteiger partial charge in [-0.2, -0.15) is 21.5 Å². The van der Waals surface area contributed by atoms with Crippen LogP contribution in [0.25, 0.3) is 0 Å². The molecule has 0 rings (SSSR count). The van der Waals surface area contributed by atoms with Crippen molar-refractivity contribution in [3.8, 4) is 0 Å². The Morgan fingerprint density at radius 1 is 0.605 bits per heavy atom. The van der Waals surface area contributed by atoms with Crippen LogP contribution in [0.3, 0.4) is 0 Å². The lowest BCUT2D eigenvalue weighted by Gasteiger charge is -2.06. The van der Waals surface area contributed by atoms with Crippen LogP contribution >= 0.6 is 106 Å². The molecule has 0 atom stereocenters. The number of rotatable bonds is 32. The number of hydrogen-bond donors (Lipinski definition) is 4. The number of amides is 2. The number of aliphatic hydroxyl groups is 2. The first-order chi connectivity index (χ1) is 21.2. The molecule has 252 valence electrons. The van der Waals surface area contributed by atoms with Crippen molar-refractivity contribution in [2.75, 3.05) is 92.3 Å². The minimum absolute atomic E-state index is 0.0550. The molecule has 0 saturated carbocycles. The largest absolute Gasteiger partial charge is 0.449 e. The Kier molecular flexibility index (Phi) is 39.1. The number of carbonyl (C=O) groups is 2. The second-order valence-electron chi connectivity index (χ2n) is 6.39. The number of ether oxygens (including phenoxy) is 2. The standard InChI is InChI=1S/C20H38N4O10S9/c25-11-40-17-42-13-30-20(28)24-10-39-16-36-7-21-5-32-31-2-4-35-3-1-29-19(27)23-9-38-15-37-8-22-6-33-34-14-43-18-41-12-26/h5-6,25-26H,1-4,7-18H2,(H,23,27)(H,24,28)/b21-5+,22-6-. The minimum atomic E-state index is -0.464. The summed E-state index contributed by atoms with van der Waals surface area (Å²) in [5.41, 5.74) is 0. The summed E-state index contributed by atoms with van der Waals surface area (Å²) in [6.07, 6.45) is 1.57. The molecule has 4 N–H and O–H groups in total. The normalized spacial score (nSPS) is 11.2. The van der Waals surface area contributed by atoms with Crippen LogP contribution in [0, 0.1) is 0 Å². The molecule has 0 heterocycles. The lowest BCUT2D eigenvalue weighted by molar-refractivity contribution is -0.210. The van der Waals surface area contributed by atoms with Gasteiger partial charge in [-0.25, -0.2) is 19.6 Å². The van der Waals surface area contributed by atoms with Crippen molar-refractivity contribution < 1.29 is 48.8 Å². The van der Waals surface area contributed by atoms with E-state index in [2.05, 4.69) is 20.6 Å². The highest BCUT2D eigenvalue weighted by molar-refractivity contribution is 8.17. The van der Waals surface area contributed by atoms with Crippen LogP contribution in [0.1, 0.15) is 0 Å². The van der Waals surface area contributed by atoms with Gasteiger partial charge in [0.1, 0.15) is 25.1 Å². The zero-order chi connectivity index (χ0) is 31.3. The van der Waals surface area contributed by atoms with Crippen LogP contribution in [-0.4, -0.2) is 128 Å². The summed E-state index contributed by atoms with van der Waals surface area (Å²) < 4.78 is 10.1. The fraction of sp³-hybridized carbons (Fsp3) is 0.800. The summed E-state index contributed by atoms with van der Waals surface area (Å²) in [4.78, 5) is 50.7. The molecule has 0 saturated heterocycles. The maximum Gasteiger partial charge on any atom is 0.408 e. The molecule has 2 amide bonds. The van der Waals surface area contributed by atoms with Crippen LogP contribution in [0.4, 0.5) is 9.59 Å². The first kappa shape index (κ1) is 43.5. The van der Waals surface area contributed by atoms with Gasteiger partial charge in [0.15, 0.2) is 0 Å². The topological polar surface area (TPSA) is 179 Å². The van der Waals surface area contributed by atoms with E-state index in [1.807, 2.05) is 0 Å². The molecule has 0 fully saturated rings. The van der Waals surface area contributed by atoms with Gasteiger partial charge in [-0.05, 0) is 0 Å². The van der Waals surface area contributed by atoms with E-state index in [0.29, 0.717) is 59.3 Å². The Morgan fingerprint density at radius 2 is 1.14 bits per heavy atom. The van der Waals surface area contributed by atoms with Gasteiger partial charge in [0.2, 0.25) is 12.8 Å². The van der Waals surface area contributed by atoms with Crippen LogP contribution < -0.4 is 10.6 Å². The lowest BCUT2D eigenvalue weighted by atomic mass is 10.8. The number of nitrogens with zero attached hydrogens (tertiary/aromatic N) is 2. The van der Waals surface area contributed by atoms with Gasteiger partial charge in [0.05, 0.1) is 35.4 Å². The predicted octanol–water partition coefficient (Wildman–Crippen LogP) is 4.47. The average molecular weight is 783 g/mol. The first-order valence-electron chi connectivity index (χ1n) is 12.0. The second kappa shape index (κ2) is 38.7. The maximum absolute atomic E-state index is 11.7. The predicted molar refractivity (Wildman–Crippen MR) is 191 cm³/mol. The van der Waals surface area contributed by atoms with Crippen molar-refractivity contribution in [2.24, 2.45) is 9.98 Å². The number of nitrogens with one attached hydrogen (secondary N) is 2. The summed E-state index contributed by atoms with van der Waals surface area (Å²) in [5, 5.41) is 25.4. The molecular formula is C20H38N4O10S9. The van der Waals surface area contributed by atoms with Gasteiger partial charge in [0, 0.05) is 31.8 Å². The molecule has 43 heavy (non-hydrogen) atoms. The number of aliphatic imine (C=N–C) groups is 2. The molecule has 0 aromatic carbocycles. The van der Waals surface area contributed by atoms with Gasteiger partial charge in [0.25, 0.3) is 0 Å². The molecule has 0 radical (unpaired) electrons. The molecule has 14 nitrogen and oxygen atoms in total. The van der Waals surface area contributed by atoms with Crippen molar-refractivity contribution in [1.29, 1.82) is 0 Å². The third kappa shape index (κ3) is 38.6. The number of hydrogen-bond acceptors (Lipinski definition) is 21. The molecular weight excluding hydrogens is 745 g/mol. The average Bonchev–Trinajstić information content (AvgIpc) is 3.00. The Hall–Kier alpha value is 0.470. The number of thioether (sulfide) groups is 9. The van der Waals surface area contributed by atoms with Gasteiger partial charge < -0.3 is 40.1 Å². The first-order valence-corrected chi connectivity index (χ1v) is 22.4.